The molecule has 1 aromatic carbocycles. The number of aryl methyl sites for hydroxylation is 1. The van der Waals surface area contributed by atoms with E-state index in [0.29, 0.717) is 11.3 Å². The first-order chi connectivity index (χ1) is 8.93. The SMILES string of the molecule is CCC(=O)OCC(=O)Nc1cc([N+](=O)[O-])ccc1C. The van der Waals surface area contributed by atoms with Crippen molar-refractivity contribution in [1.29, 1.82) is 0 Å². The van der Waals surface area contributed by atoms with Gasteiger partial charge in [0.2, 0.25) is 0 Å². The number of hydrogen-bond acceptors (Lipinski definition) is 5. The zero-order chi connectivity index (χ0) is 14.4. The van der Waals surface area contributed by atoms with Gasteiger partial charge >= 0.3 is 5.97 Å². The van der Waals surface area contributed by atoms with Gasteiger partial charge in [-0.15, -0.1) is 0 Å². The highest BCUT2D eigenvalue weighted by atomic mass is 16.6. The third-order valence-corrected chi connectivity index (χ3v) is 2.36. The lowest BCUT2D eigenvalue weighted by Gasteiger charge is -2.08. The minimum absolute atomic E-state index is 0.119. The van der Waals surface area contributed by atoms with Crippen molar-refractivity contribution in [2.45, 2.75) is 20.3 Å². The standard InChI is InChI=1S/C12H14N2O5/c1-3-12(16)19-7-11(15)13-10-6-9(14(17)18)5-4-8(10)2/h4-6H,3,7H2,1-2H3,(H,13,15). The van der Waals surface area contributed by atoms with Gasteiger partial charge in [0.15, 0.2) is 6.61 Å². The molecule has 0 spiro atoms. The second-order valence-electron chi connectivity index (χ2n) is 3.82. The van der Waals surface area contributed by atoms with Crippen LogP contribution in [0.25, 0.3) is 0 Å². The molecular formula is C12H14N2O5. The normalized spacial score (nSPS) is 9.79. The Bertz CT molecular complexity index is 513. The van der Waals surface area contributed by atoms with Crippen molar-refractivity contribution in [1.82, 2.24) is 0 Å². The summed E-state index contributed by atoms with van der Waals surface area (Å²) in [6, 6.07) is 4.14. The summed E-state index contributed by atoms with van der Waals surface area (Å²) in [6.45, 7) is 2.91. The number of carbonyl (C=O) groups is 2. The van der Waals surface area contributed by atoms with Crippen LogP contribution < -0.4 is 5.32 Å². The maximum Gasteiger partial charge on any atom is 0.306 e. The molecule has 0 unspecified atom stereocenters. The van der Waals surface area contributed by atoms with Crippen molar-refractivity contribution < 1.29 is 19.2 Å². The zero-order valence-corrected chi connectivity index (χ0v) is 10.6. The summed E-state index contributed by atoms with van der Waals surface area (Å²) >= 11 is 0. The van der Waals surface area contributed by atoms with Crippen LogP contribution >= 0.6 is 0 Å². The molecule has 0 aliphatic rings. The molecule has 0 atom stereocenters. The molecule has 0 saturated heterocycles. The summed E-state index contributed by atoms with van der Waals surface area (Å²) in [6.07, 6.45) is 0.184. The fraction of sp³-hybridized carbons (Fsp3) is 0.333. The average molecular weight is 266 g/mol. The summed E-state index contributed by atoms with van der Waals surface area (Å²) in [5.74, 6) is -1.02. The first kappa shape index (κ1) is 14.6. The van der Waals surface area contributed by atoms with Gasteiger partial charge in [-0.2, -0.15) is 0 Å². The number of amides is 1. The molecule has 0 saturated carbocycles. The number of nitrogens with one attached hydrogen (secondary N) is 1. The Balaban J connectivity index is 2.70. The minimum atomic E-state index is -0.549. The van der Waals surface area contributed by atoms with Crippen LogP contribution in [0.1, 0.15) is 18.9 Å². The second kappa shape index (κ2) is 6.48. The number of rotatable bonds is 5. The molecule has 1 rings (SSSR count). The Morgan fingerprint density at radius 2 is 2.11 bits per heavy atom. The average Bonchev–Trinajstić information content (AvgIpc) is 2.38. The van der Waals surface area contributed by atoms with E-state index in [4.69, 9.17) is 0 Å². The van der Waals surface area contributed by atoms with Crippen molar-refractivity contribution >= 4 is 23.3 Å². The van der Waals surface area contributed by atoms with Crippen LogP contribution in [0.15, 0.2) is 18.2 Å². The molecule has 0 heterocycles. The Morgan fingerprint density at radius 3 is 2.68 bits per heavy atom. The summed E-state index contributed by atoms with van der Waals surface area (Å²) < 4.78 is 4.66. The number of hydrogen-bond donors (Lipinski definition) is 1. The molecular weight excluding hydrogens is 252 g/mol. The molecule has 7 nitrogen and oxygen atoms in total. The number of non-ortho nitro benzene ring substituents is 1. The first-order valence-electron chi connectivity index (χ1n) is 5.64. The van der Waals surface area contributed by atoms with Crippen LogP contribution in [0.4, 0.5) is 11.4 Å². The molecule has 1 amide bonds. The fourth-order valence-electron chi connectivity index (χ4n) is 1.29. The Morgan fingerprint density at radius 1 is 1.42 bits per heavy atom. The highest BCUT2D eigenvalue weighted by Crippen LogP contribution is 2.21. The van der Waals surface area contributed by atoms with E-state index in [0.717, 1.165) is 0 Å². The largest absolute Gasteiger partial charge is 0.456 e. The molecule has 0 radical (unpaired) electrons. The highest BCUT2D eigenvalue weighted by molar-refractivity contribution is 5.93. The molecule has 1 aromatic rings. The van der Waals surface area contributed by atoms with E-state index >= 15 is 0 Å². The quantitative estimate of drug-likeness (QED) is 0.497. The molecule has 7 heteroatoms. The summed E-state index contributed by atoms with van der Waals surface area (Å²) in [7, 11) is 0. The van der Waals surface area contributed by atoms with Crippen LogP contribution in [-0.4, -0.2) is 23.4 Å². The fourth-order valence-corrected chi connectivity index (χ4v) is 1.29. The van der Waals surface area contributed by atoms with E-state index in [-0.39, 0.29) is 12.1 Å². The number of nitro benzene ring substituents is 1. The Hall–Kier alpha value is -2.44. The number of esters is 1. The van der Waals surface area contributed by atoms with Crippen LogP contribution in [0, 0.1) is 17.0 Å². The maximum atomic E-state index is 11.5. The van der Waals surface area contributed by atoms with Gasteiger partial charge < -0.3 is 10.1 Å². The van der Waals surface area contributed by atoms with E-state index in [1.165, 1.54) is 18.2 Å². The zero-order valence-electron chi connectivity index (χ0n) is 10.6. The van der Waals surface area contributed by atoms with Gasteiger partial charge in [-0.05, 0) is 12.5 Å². The third-order valence-electron chi connectivity index (χ3n) is 2.36. The topological polar surface area (TPSA) is 98.5 Å². The lowest BCUT2D eigenvalue weighted by atomic mass is 10.2. The van der Waals surface area contributed by atoms with E-state index in [1.54, 1.807) is 13.8 Å². The molecule has 0 fully saturated rings. The Labute approximate surface area is 109 Å². The third kappa shape index (κ3) is 4.38. The van der Waals surface area contributed by atoms with Crippen molar-refractivity contribution in [3.63, 3.8) is 0 Å². The van der Waals surface area contributed by atoms with E-state index in [2.05, 4.69) is 10.1 Å². The van der Waals surface area contributed by atoms with E-state index in [1.807, 2.05) is 0 Å². The number of anilines is 1. The van der Waals surface area contributed by atoms with Gasteiger partial charge in [-0.25, -0.2) is 0 Å². The van der Waals surface area contributed by atoms with Gasteiger partial charge in [-0.1, -0.05) is 13.0 Å². The molecule has 0 aliphatic heterocycles. The van der Waals surface area contributed by atoms with Crippen LogP contribution in [0.3, 0.4) is 0 Å². The molecule has 102 valence electrons. The summed E-state index contributed by atoms with van der Waals surface area (Å²) in [4.78, 5) is 32.5. The highest BCUT2D eigenvalue weighted by Gasteiger charge is 2.12. The van der Waals surface area contributed by atoms with Gasteiger partial charge in [0.25, 0.3) is 11.6 Å². The molecule has 0 bridgehead atoms. The number of carbonyl (C=O) groups excluding carboxylic acids is 2. The monoisotopic (exact) mass is 266 g/mol. The van der Waals surface area contributed by atoms with Crippen LogP contribution in [-0.2, 0) is 14.3 Å². The lowest BCUT2D eigenvalue weighted by Crippen LogP contribution is -2.21. The second-order valence-corrected chi connectivity index (χ2v) is 3.82. The first-order valence-corrected chi connectivity index (χ1v) is 5.64. The van der Waals surface area contributed by atoms with Gasteiger partial charge in [0, 0.05) is 18.6 Å². The van der Waals surface area contributed by atoms with Crippen molar-refractivity contribution in [2.75, 3.05) is 11.9 Å². The minimum Gasteiger partial charge on any atom is -0.456 e. The van der Waals surface area contributed by atoms with E-state index < -0.39 is 23.4 Å². The van der Waals surface area contributed by atoms with Gasteiger partial charge in [-0.3, -0.25) is 19.7 Å². The maximum absolute atomic E-state index is 11.5. The summed E-state index contributed by atoms with van der Waals surface area (Å²) in [5, 5.41) is 13.1. The predicted octanol–water partition coefficient (Wildman–Crippen LogP) is 1.79. The number of nitrogens with zero attached hydrogens (tertiary/aromatic N) is 1. The van der Waals surface area contributed by atoms with E-state index in [9.17, 15) is 19.7 Å². The Kier molecular flexibility index (Phi) is 4.99. The molecule has 19 heavy (non-hydrogen) atoms. The number of benzene rings is 1. The smallest absolute Gasteiger partial charge is 0.306 e. The van der Waals surface area contributed by atoms with Crippen molar-refractivity contribution in [2.24, 2.45) is 0 Å². The molecule has 1 N–H and O–H groups in total. The molecule has 0 aromatic heterocycles. The molecule has 0 aliphatic carbocycles. The predicted molar refractivity (Wildman–Crippen MR) is 67.7 cm³/mol. The van der Waals surface area contributed by atoms with Crippen LogP contribution in [0.2, 0.25) is 0 Å². The summed E-state index contributed by atoms with van der Waals surface area (Å²) in [5.41, 5.74) is 0.888. The number of ether oxygens (including phenoxy) is 1. The number of nitro groups is 1. The lowest BCUT2D eigenvalue weighted by molar-refractivity contribution is -0.384. The van der Waals surface area contributed by atoms with Crippen molar-refractivity contribution in [3.8, 4) is 0 Å². The van der Waals surface area contributed by atoms with Gasteiger partial charge in [0.1, 0.15) is 0 Å². The van der Waals surface area contributed by atoms with Crippen LogP contribution in [0.5, 0.6) is 0 Å². The van der Waals surface area contributed by atoms with Crippen molar-refractivity contribution in [3.05, 3.63) is 33.9 Å². The van der Waals surface area contributed by atoms with Gasteiger partial charge in [0.05, 0.1) is 10.6 Å².